The lowest BCUT2D eigenvalue weighted by atomic mass is 10.1. The molecule has 0 bridgehead atoms. The van der Waals surface area contributed by atoms with Crippen molar-refractivity contribution in [3.63, 3.8) is 0 Å². The molecule has 0 radical (unpaired) electrons. The molecule has 3 nitrogen and oxygen atoms in total. The van der Waals surface area contributed by atoms with Crippen LogP contribution in [-0.2, 0) is 17.6 Å². The van der Waals surface area contributed by atoms with Crippen LogP contribution < -0.4 is 4.90 Å². The van der Waals surface area contributed by atoms with Gasteiger partial charge in [-0.25, -0.2) is 0 Å². The summed E-state index contributed by atoms with van der Waals surface area (Å²) in [5.74, 6) is 0.420. The van der Waals surface area contributed by atoms with Crippen LogP contribution in [0.25, 0.3) is 0 Å². The number of aromatic hydroxyl groups is 1. The van der Waals surface area contributed by atoms with E-state index in [-0.39, 0.29) is 0 Å². The van der Waals surface area contributed by atoms with E-state index in [1.807, 2.05) is 12.1 Å². The zero-order valence-electron chi connectivity index (χ0n) is 12.9. The van der Waals surface area contributed by atoms with Crippen molar-refractivity contribution in [1.82, 2.24) is 0 Å². The molecule has 1 aliphatic rings. The largest absolute Gasteiger partial charge is 0.508 e. The summed E-state index contributed by atoms with van der Waals surface area (Å²) in [5.41, 5.74) is 3.61. The van der Waals surface area contributed by atoms with Gasteiger partial charge in [0, 0.05) is 30.9 Å². The number of fused-ring (bicyclic) bond motifs is 1. The van der Waals surface area contributed by atoms with Crippen molar-refractivity contribution < 1.29 is 9.84 Å². The van der Waals surface area contributed by atoms with E-state index in [1.54, 1.807) is 6.07 Å². The molecule has 0 fully saturated rings. The van der Waals surface area contributed by atoms with Crippen LogP contribution in [0.4, 0.5) is 5.69 Å². The van der Waals surface area contributed by atoms with Crippen LogP contribution in [-0.4, -0.2) is 31.4 Å². The fourth-order valence-corrected chi connectivity index (χ4v) is 3.01. The first-order chi connectivity index (χ1) is 10.8. The fourth-order valence-electron chi connectivity index (χ4n) is 3.01. The van der Waals surface area contributed by atoms with Gasteiger partial charge in [-0.15, -0.1) is 0 Å². The predicted molar refractivity (Wildman–Crippen MR) is 89.6 cm³/mol. The van der Waals surface area contributed by atoms with E-state index < -0.39 is 0 Å². The molecule has 22 heavy (non-hydrogen) atoms. The third kappa shape index (κ3) is 3.60. The average molecular weight is 297 g/mol. The third-order valence-electron chi connectivity index (χ3n) is 4.20. The molecule has 3 rings (SSSR count). The van der Waals surface area contributed by atoms with Gasteiger partial charge in [-0.1, -0.05) is 36.4 Å². The number of anilines is 1. The fraction of sp³-hybridized carbons (Fsp3) is 0.368. The Labute approximate surface area is 132 Å². The summed E-state index contributed by atoms with van der Waals surface area (Å²) in [5, 5.41) is 9.84. The summed E-state index contributed by atoms with van der Waals surface area (Å²) in [6, 6.07) is 16.3. The topological polar surface area (TPSA) is 32.7 Å². The lowest BCUT2D eigenvalue weighted by Crippen LogP contribution is -2.25. The summed E-state index contributed by atoms with van der Waals surface area (Å²) in [4.78, 5) is 2.30. The van der Waals surface area contributed by atoms with Crippen LogP contribution in [0.1, 0.15) is 17.5 Å². The van der Waals surface area contributed by atoms with Gasteiger partial charge in [-0.3, -0.25) is 0 Å². The Morgan fingerprint density at radius 2 is 1.86 bits per heavy atom. The maximum Gasteiger partial charge on any atom is 0.120 e. The Morgan fingerprint density at radius 3 is 2.73 bits per heavy atom. The van der Waals surface area contributed by atoms with Crippen LogP contribution in [0, 0.1) is 0 Å². The molecule has 2 aromatic rings. The molecule has 3 heteroatoms. The molecule has 1 N–H and O–H groups in total. The standard InChI is InChI=1S/C19H23NO2/c21-19-10-4-9-18-17(19)11-12-20(18)13-15-22-14-5-8-16-6-2-1-3-7-16/h1-4,6-7,9-10,21H,5,8,11-15H2. The van der Waals surface area contributed by atoms with E-state index in [0.29, 0.717) is 5.75 Å². The second-order valence-corrected chi connectivity index (χ2v) is 5.71. The van der Waals surface area contributed by atoms with E-state index in [9.17, 15) is 5.11 Å². The van der Waals surface area contributed by atoms with Gasteiger partial charge in [0.25, 0.3) is 0 Å². The Bertz CT molecular complexity index is 598. The molecule has 0 spiro atoms. The van der Waals surface area contributed by atoms with Crippen LogP contribution in [0.5, 0.6) is 5.75 Å². The Morgan fingerprint density at radius 1 is 1.00 bits per heavy atom. The third-order valence-corrected chi connectivity index (χ3v) is 4.20. The highest BCUT2D eigenvalue weighted by molar-refractivity contribution is 5.62. The van der Waals surface area contributed by atoms with Crippen molar-refractivity contribution in [2.24, 2.45) is 0 Å². The number of rotatable bonds is 7. The van der Waals surface area contributed by atoms with E-state index in [2.05, 4.69) is 35.2 Å². The van der Waals surface area contributed by atoms with Gasteiger partial charge >= 0.3 is 0 Å². The minimum absolute atomic E-state index is 0.420. The number of nitrogens with zero attached hydrogens (tertiary/aromatic N) is 1. The summed E-state index contributed by atoms with van der Waals surface area (Å²) in [6.07, 6.45) is 3.05. The second kappa shape index (κ2) is 7.32. The van der Waals surface area contributed by atoms with E-state index >= 15 is 0 Å². The number of aryl methyl sites for hydroxylation is 1. The zero-order chi connectivity index (χ0) is 15.2. The van der Waals surface area contributed by atoms with Gasteiger partial charge in [0.05, 0.1) is 6.61 Å². The number of ether oxygens (including phenoxy) is 1. The minimum Gasteiger partial charge on any atom is -0.508 e. The molecule has 0 aromatic heterocycles. The van der Waals surface area contributed by atoms with Crippen molar-refractivity contribution in [3.05, 3.63) is 59.7 Å². The number of benzene rings is 2. The maximum absolute atomic E-state index is 9.84. The number of hydrogen-bond acceptors (Lipinski definition) is 3. The lowest BCUT2D eigenvalue weighted by molar-refractivity contribution is 0.138. The average Bonchev–Trinajstić information content (AvgIpc) is 2.96. The lowest BCUT2D eigenvalue weighted by Gasteiger charge is -2.19. The van der Waals surface area contributed by atoms with Gasteiger partial charge in [-0.05, 0) is 37.0 Å². The summed E-state index contributed by atoms with van der Waals surface area (Å²) < 4.78 is 5.76. The van der Waals surface area contributed by atoms with Gasteiger partial charge in [0.2, 0.25) is 0 Å². The number of phenols is 1. The molecule has 0 atom stereocenters. The second-order valence-electron chi connectivity index (χ2n) is 5.71. The Kier molecular flexibility index (Phi) is 4.96. The minimum atomic E-state index is 0.420. The predicted octanol–water partition coefficient (Wildman–Crippen LogP) is 3.40. The smallest absolute Gasteiger partial charge is 0.120 e. The SMILES string of the molecule is Oc1cccc2c1CCN2CCOCCCc1ccccc1. The van der Waals surface area contributed by atoms with E-state index in [1.165, 1.54) is 5.56 Å². The van der Waals surface area contributed by atoms with Crippen molar-refractivity contribution in [2.75, 3.05) is 31.2 Å². The van der Waals surface area contributed by atoms with Gasteiger partial charge < -0.3 is 14.7 Å². The van der Waals surface area contributed by atoms with Gasteiger partial charge in [-0.2, -0.15) is 0 Å². The van der Waals surface area contributed by atoms with Crippen molar-refractivity contribution in [3.8, 4) is 5.75 Å². The van der Waals surface area contributed by atoms with Crippen molar-refractivity contribution in [1.29, 1.82) is 0 Å². The highest BCUT2D eigenvalue weighted by Crippen LogP contribution is 2.33. The molecule has 2 aromatic carbocycles. The first-order valence-corrected chi connectivity index (χ1v) is 8.02. The van der Waals surface area contributed by atoms with Gasteiger partial charge in [0.15, 0.2) is 0 Å². The molecule has 0 aliphatic carbocycles. The van der Waals surface area contributed by atoms with Crippen LogP contribution in [0.3, 0.4) is 0 Å². The van der Waals surface area contributed by atoms with Gasteiger partial charge in [0.1, 0.15) is 5.75 Å². The molecule has 1 heterocycles. The molecular formula is C19H23NO2. The number of hydrogen-bond donors (Lipinski definition) is 1. The molecule has 0 saturated carbocycles. The molecule has 0 amide bonds. The van der Waals surface area contributed by atoms with E-state index in [4.69, 9.17) is 4.74 Å². The quantitative estimate of drug-likeness (QED) is 0.795. The molecular weight excluding hydrogens is 274 g/mol. The highest BCUT2D eigenvalue weighted by Gasteiger charge is 2.20. The van der Waals surface area contributed by atoms with Crippen LogP contribution in [0.2, 0.25) is 0 Å². The Balaban J connectivity index is 1.36. The monoisotopic (exact) mass is 297 g/mol. The first-order valence-electron chi connectivity index (χ1n) is 8.02. The molecule has 1 aliphatic heterocycles. The summed E-state index contributed by atoms with van der Waals surface area (Å²) in [7, 11) is 0. The highest BCUT2D eigenvalue weighted by atomic mass is 16.5. The number of phenolic OH excluding ortho intramolecular Hbond substituents is 1. The normalized spacial score (nSPS) is 13.4. The maximum atomic E-state index is 9.84. The molecule has 0 saturated heterocycles. The van der Waals surface area contributed by atoms with Crippen molar-refractivity contribution in [2.45, 2.75) is 19.3 Å². The van der Waals surface area contributed by atoms with E-state index in [0.717, 1.165) is 56.8 Å². The van der Waals surface area contributed by atoms with Crippen LogP contribution in [0.15, 0.2) is 48.5 Å². The Hall–Kier alpha value is -2.00. The first kappa shape index (κ1) is 14.9. The van der Waals surface area contributed by atoms with Crippen LogP contribution >= 0.6 is 0 Å². The summed E-state index contributed by atoms with van der Waals surface area (Å²) in [6.45, 7) is 3.40. The molecule has 0 unspecified atom stereocenters. The van der Waals surface area contributed by atoms with Crippen molar-refractivity contribution >= 4 is 5.69 Å². The zero-order valence-corrected chi connectivity index (χ0v) is 12.9. The molecule has 116 valence electrons. The summed E-state index contributed by atoms with van der Waals surface area (Å²) >= 11 is 0.